The van der Waals surface area contributed by atoms with Crippen LogP contribution in [0.4, 0.5) is 10.5 Å². The molecule has 0 radical (unpaired) electrons. The maximum Gasteiger partial charge on any atom is 0.338 e. The van der Waals surface area contributed by atoms with Crippen molar-refractivity contribution in [3.8, 4) is 0 Å². The molecule has 2 heterocycles. The Balaban J connectivity index is 1.63. The minimum absolute atomic E-state index is 0.116. The van der Waals surface area contributed by atoms with Gasteiger partial charge in [0.1, 0.15) is 12.4 Å². The molecule has 1 N–H and O–H groups in total. The first-order valence-corrected chi connectivity index (χ1v) is 6.88. The van der Waals surface area contributed by atoms with Crippen LogP contribution in [0.15, 0.2) is 35.0 Å². The molecule has 0 unspecified atom stereocenters. The van der Waals surface area contributed by atoms with Crippen molar-refractivity contribution in [2.24, 2.45) is 0 Å². The van der Waals surface area contributed by atoms with Crippen LogP contribution >= 0.6 is 0 Å². The molecule has 1 fully saturated rings. The normalized spacial score (nSPS) is 14.0. The molecule has 7 heteroatoms. The van der Waals surface area contributed by atoms with Crippen LogP contribution in [-0.2, 0) is 11.3 Å². The summed E-state index contributed by atoms with van der Waals surface area (Å²) in [4.78, 5) is 25.2. The van der Waals surface area contributed by atoms with E-state index in [0.717, 1.165) is 11.3 Å². The van der Waals surface area contributed by atoms with E-state index < -0.39 is 5.97 Å². The Bertz CT molecular complexity index is 693. The molecule has 1 aliphatic heterocycles. The Morgan fingerprint density at radius 3 is 2.77 bits per heavy atom. The van der Waals surface area contributed by atoms with Crippen molar-refractivity contribution in [3.05, 3.63) is 47.3 Å². The Kier molecular flexibility index (Phi) is 3.78. The summed E-state index contributed by atoms with van der Waals surface area (Å²) in [6, 6.07) is 6.62. The highest BCUT2D eigenvalue weighted by molar-refractivity contribution is 5.95. The van der Waals surface area contributed by atoms with Gasteiger partial charge in [-0.2, -0.15) is 0 Å². The van der Waals surface area contributed by atoms with Crippen LogP contribution in [0.25, 0.3) is 0 Å². The summed E-state index contributed by atoms with van der Waals surface area (Å²) in [6.07, 6.45) is 1.53. The van der Waals surface area contributed by atoms with E-state index in [0.29, 0.717) is 24.4 Å². The molecule has 22 heavy (non-hydrogen) atoms. The van der Waals surface area contributed by atoms with Crippen LogP contribution < -0.4 is 10.2 Å². The molecular weight excluding hydrogens is 286 g/mol. The van der Waals surface area contributed by atoms with Gasteiger partial charge in [-0.1, -0.05) is 5.16 Å². The van der Waals surface area contributed by atoms with Gasteiger partial charge in [-0.3, -0.25) is 4.90 Å². The molecule has 1 aliphatic rings. The van der Waals surface area contributed by atoms with Gasteiger partial charge in [-0.15, -0.1) is 0 Å². The van der Waals surface area contributed by atoms with Gasteiger partial charge in [0.25, 0.3) is 0 Å². The summed E-state index contributed by atoms with van der Waals surface area (Å²) in [5, 5.41) is 6.35. The summed E-state index contributed by atoms with van der Waals surface area (Å²) >= 11 is 0. The lowest BCUT2D eigenvalue weighted by Gasteiger charge is -2.14. The first-order valence-electron chi connectivity index (χ1n) is 6.88. The minimum Gasteiger partial charge on any atom is -0.457 e. The predicted octanol–water partition coefficient (Wildman–Crippen LogP) is 1.87. The highest BCUT2D eigenvalue weighted by Crippen LogP contribution is 2.18. The number of carbonyl (C=O) groups is 2. The number of hydrogen-bond acceptors (Lipinski definition) is 5. The number of hydrogen-bond donors (Lipinski definition) is 1. The number of rotatable bonds is 4. The highest BCUT2D eigenvalue weighted by Gasteiger charge is 2.21. The van der Waals surface area contributed by atoms with Gasteiger partial charge in [-0.05, 0) is 31.2 Å². The minimum atomic E-state index is -0.432. The van der Waals surface area contributed by atoms with Gasteiger partial charge >= 0.3 is 12.0 Å². The lowest BCUT2D eigenvalue weighted by molar-refractivity contribution is 0.0471. The van der Waals surface area contributed by atoms with E-state index in [1.165, 1.54) is 6.20 Å². The third-order valence-corrected chi connectivity index (χ3v) is 3.48. The smallest absolute Gasteiger partial charge is 0.338 e. The largest absolute Gasteiger partial charge is 0.457 e. The summed E-state index contributed by atoms with van der Waals surface area (Å²) in [6.45, 7) is 3.12. The van der Waals surface area contributed by atoms with E-state index in [1.807, 2.05) is 0 Å². The predicted molar refractivity (Wildman–Crippen MR) is 77.5 cm³/mol. The van der Waals surface area contributed by atoms with Gasteiger partial charge in [0.15, 0.2) is 0 Å². The van der Waals surface area contributed by atoms with Crippen LogP contribution in [-0.4, -0.2) is 30.2 Å². The van der Waals surface area contributed by atoms with E-state index >= 15 is 0 Å². The average Bonchev–Trinajstić information content (AvgIpc) is 3.13. The fourth-order valence-electron chi connectivity index (χ4n) is 2.18. The van der Waals surface area contributed by atoms with Gasteiger partial charge < -0.3 is 14.6 Å². The number of esters is 1. The van der Waals surface area contributed by atoms with Crippen LogP contribution in [0.5, 0.6) is 0 Å². The molecule has 1 aromatic carbocycles. The molecule has 2 amide bonds. The molecular formula is C15H15N3O4. The third kappa shape index (κ3) is 2.78. The molecule has 1 saturated heterocycles. The average molecular weight is 301 g/mol. The number of benzene rings is 1. The zero-order chi connectivity index (χ0) is 15.5. The first kappa shape index (κ1) is 14.1. The Hall–Kier alpha value is -2.83. The number of ether oxygens (including phenoxy) is 1. The number of carbonyl (C=O) groups excluding carboxylic acids is 2. The van der Waals surface area contributed by atoms with E-state index in [-0.39, 0.29) is 12.6 Å². The van der Waals surface area contributed by atoms with Gasteiger partial charge in [0, 0.05) is 18.8 Å². The van der Waals surface area contributed by atoms with Crippen molar-refractivity contribution in [1.29, 1.82) is 0 Å². The molecule has 0 bridgehead atoms. The fraction of sp³-hybridized carbons (Fsp3) is 0.267. The maximum atomic E-state index is 12.0. The molecule has 0 aliphatic carbocycles. The van der Waals surface area contributed by atoms with E-state index in [2.05, 4.69) is 10.5 Å². The first-order chi connectivity index (χ1) is 10.6. The van der Waals surface area contributed by atoms with Crippen molar-refractivity contribution in [1.82, 2.24) is 10.5 Å². The highest BCUT2D eigenvalue weighted by atomic mass is 16.5. The lowest BCUT2D eigenvalue weighted by atomic mass is 10.2. The monoisotopic (exact) mass is 301 g/mol. The van der Waals surface area contributed by atoms with Gasteiger partial charge in [0.2, 0.25) is 0 Å². The second-order valence-corrected chi connectivity index (χ2v) is 4.91. The third-order valence-electron chi connectivity index (χ3n) is 3.48. The zero-order valence-corrected chi connectivity index (χ0v) is 12.0. The molecule has 0 atom stereocenters. The van der Waals surface area contributed by atoms with E-state index in [9.17, 15) is 9.59 Å². The summed E-state index contributed by atoms with van der Waals surface area (Å²) in [5.74, 6) is 0.196. The number of nitrogens with one attached hydrogen (secondary N) is 1. The fourth-order valence-corrected chi connectivity index (χ4v) is 2.18. The number of aryl methyl sites for hydroxylation is 1. The Morgan fingerprint density at radius 2 is 2.18 bits per heavy atom. The Labute approximate surface area is 126 Å². The SMILES string of the molecule is Cc1oncc1COC(=O)c1ccc(N2CCNC2=O)cc1. The molecule has 0 spiro atoms. The molecule has 7 nitrogen and oxygen atoms in total. The molecule has 2 aromatic rings. The van der Waals surface area contributed by atoms with E-state index in [1.54, 1.807) is 36.1 Å². The number of nitrogens with zero attached hydrogens (tertiary/aromatic N) is 2. The number of amides is 2. The van der Waals surface area contributed by atoms with Crippen molar-refractivity contribution >= 4 is 17.7 Å². The topological polar surface area (TPSA) is 84.7 Å². The molecule has 3 rings (SSSR count). The second kappa shape index (κ2) is 5.88. The van der Waals surface area contributed by atoms with Crippen molar-refractivity contribution in [2.45, 2.75) is 13.5 Å². The van der Waals surface area contributed by atoms with E-state index in [4.69, 9.17) is 9.26 Å². The number of anilines is 1. The number of urea groups is 1. The summed E-state index contributed by atoms with van der Waals surface area (Å²) in [5.41, 5.74) is 1.91. The van der Waals surface area contributed by atoms with Gasteiger partial charge in [-0.25, -0.2) is 9.59 Å². The summed E-state index contributed by atoms with van der Waals surface area (Å²) in [7, 11) is 0. The second-order valence-electron chi connectivity index (χ2n) is 4.91. The van der Waals surface area contributed by atoms with Crippen LogP contribution in [0.3, 0.4) is 0 Å². The molecule has 0 saturated carbocycles. The Morgan fingerprint density at radius 1 is 1.41 bits per heavy atom. The molecule has 1 aromatic heterocycles. The maximum absolute atomic E-state index is 12.0. The zero-order valence-electron chi connectivity index (χ0n) is 12.0. The van der Waals surface area contributed by atoms with Gasteiger partial charge in [0.05, 0.1) is 17.3 Å². The number of aromatic nitrogens is 1. The quantitative estimate of drug-likeness (QED) is 0.871. The van der Waals surface area contributed by atoms with Crippen molar-refractivity contribution in [3.63, 3.8) is 0 Å². The van der Waals surface area contributed by atoms with Crippen LogP contribution in [0.2, 0.25) is 0 Å². The van der Waals surface area contributed by atoms with Crippen LogP contribution in [0, 0.1) is 6.92 Å². The molecule has 114 valence electrons. The standard InChI is InChI=1S/C15H15N3O4/c1-10-12(8-17-22-10)9-21-14(19)11-2-4-13(5-3-11)18-7-6-16-15(18)20/h2-5,8H,6-7,9H2,1H3,(H,16,20). The van der Waals surface area contributed by atoms with Crippen molar-refractivity contribution < 1.29 is 18.8 Å². The van der Waals surface area contributed by atoms with Crippen molar-refractivity contribution in [2.75, 3.05) is 18.0 Å². The van der Waals surface area contributed by atoms with Crippen LogP contribution in [0.1, 0.15) is 21.7 Å². The lowest BCUT2D eigenvalue weighted by Crippen LogP contribution is -2.27. The summed E-state index contributed by atoms with van der Waals surface area (Å²) < 4.78 is 10.1.